The van der Waals surface area contributed by atoms with E-state index in [0.717, 1.165) is 13.0 Å². The molecule has 1 aliphatic heterocycles. The molecule has 0 bridgehead atoms. The first-order valence-corrected chi connectivity index (χ1v) is 6.65. The lowest BCUT2D eigenvalue weighted by atomic mass is 9.82. The fourth-order valence-corrected chi connectivity index (χ4v) is 3.10. The summed E-state index contributed by atoms with van der Waals surface area (Å²) in [6, 6.07) is -0.305. The lowest BCUT2D eigenvalue weighted by Crippen LogP contribution is -2.59. The van der Waals surface area contributed by atoms with Crippen molar-refractivity contribution < 1.29 is 9.59 Å². The van der Waals surface area contributed by atoms with Gasteiger partial charge >= 0.3 is 0 Å². The smallest absolute Gasteiger partial charge is 0.242 e. The third kappa shape index (κ3) is 2.31. The second kappa shape index (κ2) is 4.67. The van der Waals surface area contributed by atoms with Gasteiger partial charge in [-0.25, -0.2) is 0 Å². The van der Waals surface area contributed by atoms with Crippen molar-refractivity contribution in [3.8, 4) is 0 Å². The summed E-state index contributed by atoms with van der Waals surface area (Å²) >= 11 is 0. The minimum absolute atomic E-state index is 0.0196. The number of amides is 2. The molecule has 0 radical (unpaired) electrons. The Morgan fingerprint density at radius 3 is 2.59 bits per heavy atom. The van der Waals surface area contributed by atoms with Gasteiger partial charge < -0.3 is 10.2 Å². The van der Waals surface area contributed by atoms with Gasteiger partial charge in [-0.3, -0.25) is 9.59 Å². The van der Waals surface area contributed by atoms with E-state index in [-0.39, 0.29) is 29.8 Å². The third-order valence-electron chi connectivity index (χ3n) is 4.50. The molecule has 1 heterocycles. The molecule has 4 heteroatoms. The van der Waals surface area contributed by atoms with Crippen LogP contribution in [0, 0.1) is 5.41 Å². The van der Waals surface area contributed by atoms with Crippen LogP contribution in [0.2, 0.25) is 0 Å². The molecular formula is C13H22N2O2. The molecule has 4 nitrogen and oxygen atoms in total. The number of rotatable bonds is 3. The van der Waals surface area contributed by atoms with Gasteiger partial charge in [0.05, 0.1) is 6.54 Å². The van der Waals surface area contributed by atoms with E-state index >= 15 is 0 Å². The van der Waals surface area contributed by atoms with Crippen molar-refractivity contribution in [3.63, 3.8) is 0 Å². The first-order chi connectivity index (χ1) is 8.08. The van der Waals surface area contributed by atoms with E-state index in [1.165, 1.54) is 25.7 Å². The third-order valence-corrected chi connectivity index (χ3v) is 4.50. The van der Waals surface area contributed by atoms with Gasteiger partial charge in [-0.05, 0) is 31.6 Å². The zero-order chi connectivity index (χ0) is 12.5. The van der Waals surface area contributed by atoms with E-state index in [1.807, 2.05) is 6.92 Å². The highest BCUT2D eigenvalue weighted by Crippen LogP contribution is 2.42. The molecule has 0 spiro atoms. The predicted octanol–water partition coefficient (Wildman–Crippen LogP) is 1.30. The van der Waals surface area contributed by atoms with Crippen molar-refractivity contribution in [1.29, 1.82) is 0 Å². The fourth-order valence-electron chi connectivity index (χ4n) is 3.10. The number of nitrogens with one attached hydrogen (secondary N) is 1. The SMILES string of the molecule is CCC1(CN2C(=O)CNC(=O)C2C)CCCC1. The van der Waals surface area contributed by atoms with Crippen LogP contribution < -0.4 is 5.32 Å². The molecular weight excluding hydrogens is 216 g/mol. The van der Waals surface area contributed by atoms with Crippen LogP contribution in [0.5, 0.6) is 0 Å². The average molecular weight is 238 g/mol. The van der Waals surface area contributed by atoms with Crippen LogP contribution in [0.4, 0.5) is 0 Å². The number of piperazine rings is 1. The first-order valence-electron chi connectivity index (χ1n) is 6.65. The molecule has 0 aromatic carbocycles. The lowest BCUT2D eigenvalue weighted by Gasteiger charge is -2.39. The number of nitrogens with zero attached hydrogens (tertiary/aromatic N) is 1. The summed E-state index contributed by atoms with van der Waals surface area (Å²) in [5.41, 5.74) is 0.265. The fraction of sp³-hybridized carbons (Fsp3) is 0.846. The second-order valence-electron chi connectivity index (χ2n) is 5.48. The van der Waals surface area contributed by atoms with Gasteiger partial charge in [-0.15, -0.1) is 0 Å². The molecule has 1 N–H and O–H groups in total. The molecule has 1 saturated carbocycles. The quantitative estimate of drug-likeness (QED) is 0.805. The summed E-state index contributed by atoms with van der Waals surface area (Å²) in [5, 5.41) is 2.64. The summed E-state index contributed by atoms with van der Waals surface area (Å²) in [6.07, 6.45) is 6.02. The van der Waals surface area contributed by atoms with Crippen LogP contribution in [0.1, 0.15) is 46.0 Å². The Morgan fingerprint density at radius 2 is 2.00 bits per heavy atom. The van der Waals surface area contributed by atoms with Crippen molar-refractivity contribution in [2.75, 3.05) is 13.1 Å². The molecule has 17 heavy (non-hydrogen) atoms. The predicted molar refractivity (Wildman–Crippen MR) is 65.4 cm³/mol. The summed E-state index contributed by atoms with van der Waals surface area (Å²) < 4.78 is 0. The standard InChI is InChI=1S/C13H22N2O2/c1-3-13(6-4-5-7-13)9-15-10(2)12(17)14-8-11(15)16/h10H,3-9H2,1-2H3,(H,14,17). The molecule has 1 aliphatic carbocycles. The highest BCUT2D eigenvalue weighted by Gasteiger charge is 2.39. The number of hydrogen-bond donors (Lipinski definition) is 1. The van der Waals surface area contributed by atoms with Gasteiger partial charge in [0.15, 0.2) is 0 Å². The minimum atomic E-state index is -0.305. The molecule has 2 amide bonds. The van der Waals surface area contributed by atoms with Crippen LogP contribution in [-0.2, 0) is 9.59 Å². The van der Waals surface area contributed by atoms with Gasteiger partial charge in [-0.1, -0.05) is 19.8 Å². The van der Waals surface area contributed by atoms with E-state index in [0.29, 0.717) is 0 Å². The molecule has 2 fully saturated rings. The van der Waals surface area contributed by atoms with Crippen LogP contribution in [-0.4, -0.2) is 35.8 Å². The van der Waals surface area contributed by atoms with Crippen molar-refractivity contribution in [3.05, 3.63) is 0 Å². The largest absolute Gasteiger partial charge is 0.345 e. The maximum atomic E-state index is 11.9. The molecule has 0 aromatic rings. The Bertz CT molecular complexity index is 321. The van der Waals surface area contributed by atoms with Crippen molar-refractivity contribution in [2.24, 2.45) is 5.41 Å². The number of hydrogen-bond acceptors (Lipinski definition) is 2. The normalized spacial score (nSPS) is 28.4. The highest BCUT2D eigenvalue weighted by atomic mass is 16.2. The zero-order valence-electron chi connectivity index (χ0n) is 10.8. The van der Waals surface area contributed by atoms with Crippen LogP contribution in [0.25, 0.3) is 0 Å². The molecule has 96 valence electrons. The van der Waals surface area contributed by atoms with Gasteiger partial charge in [0.2, 0.25) is 11.8 Å². The first kappa shape index (κ1) is 12.4. The number of carbonyl (C=O) groups is 2. The van der Waals surface area contributed by atoms with Gasteiger partial charge in [0, 0.05) is 6.54 Å². The Morgan fingerprint density at radius 1 is 1.35 bits per heavy atom. The minimum Gasteiger partial charge on any atom is -0.345 e. The maximum absolute atomic E-state index is 11.9. The van der Waals surface area contributed by atoms with Crippen molar-refractivity contribution in [1.82, 2.24) is 10.2 Å². The lowest BCUT2D eigenvalue weighted by molar-refractivity contribution is -0.146. The average Bonchev–Trinajstić information content (AvgIpc) is 2.79. The van der Waals surface area contributed by atoms with E-state index in [1.54, 1.807) is 4.90 Å². The maximum Gasteiger partial charge on any atom is 0.242 e. The zero-order valence-corrected chi connectivity index (χ0v) is 10.8. The van der Waals surface area contributed by atoms with Crippen LogP contribution >= 0.6 is 0 Å². The van der Waals surface area contributed by atoms with Gasteiger partial charge in [0.25, 0.3) is 0 Å². The van der Waals surface area contributed by atoms with Crippen molar-refractivity contribution in [2.45, 2.75) is 52.0 Å². The molecule has 1 saturated heterocycles. The Kier molecular flexibility index (Phi) is 3.40. The summed E-state index contributed by atoms with van der Waals surface area (Å²) in [5.74, 6) is 0.0469. The van der Waals surface area contributed by atoms with E-state index < -0.39 is 0 Å². The molecule has 1 unspecified atom stereocenters. The van der Waals surface area contributed by atoms with Crippen molar-refractivity contribution >= 4 is 11.8 Å². The van der Waals surface area contributed by atoms with E-state index in [2.05, 4.69) is 12.2 Å². The summed E-state index contributed by atoms with van der Waals surface area (Å²) in [4.78, 5) is 25.3. The second-order valence-corrected chi connectivity index (χ2v) is 5.48. The van der Waals surface area contributed by atoms with Gasteiger partial charge in [-0.2, -0.15) is 0 Å². The van der Waals surface area contributed by atoms with E-state index in [9.17, 15) is 9.59 Å². The molecule has 1 atom stereocenters. The Labute approximate surface area is 103 Å². The molecule has 2 aliphatic rings. The Balaban J connectivity index is 2.09. The monoisotopic (exact) mass is 238 g/mol. The Hall–Kier alpha value is -1.06. The summed E-state index contributed by atoms with van der Waals surface area (Å²) in [7, 11) is 0. The highest BCUT2D eigenvalue weighted by molar-refractivity contribution is 5.94. The number of carbonyl (C=O) groups excluding carboxylic acids is 2. The summed E-state index contributed by atoms with van der Waals surface area (Å²) in [6.45, 7) is 4.95. The molecule has 0 aromatic heterocycles. The molecule has 2 rings (SSSR count). The van der Waals surface area contributed by atoms with Gasteiger partial charge in [0.1, 0.15) is 6.04 Å². The van der Waals surface area contributed by atoms with E-state index in [4.69, 9.17) is 0 Å². The topological polar surface area (TPSA) is 49.4 Å². The van der Waals surface area contributed by atoms with Crippen LogP contribution in [0.15, 0.2) is 0 Å². The van der Waals surface area contributed by atoms with Crippen LogP contribution in [0.3, 0.4) is 0 Å².